The molecule has 0 radical (unpaired) electrons. The van der Waals surface area contributed by atoms with E-state index < -0.39 is 23.4 Å². The van der Waals surface area contributed by atoms with Crippen LogP contribution >= 0.6 is 0 Å². The van der Waals surface area contributed by atoms with Gasteiger partial charge in [-0.1, -0.05) is 60.7 Å². The van der Waals surface area contributed by atoms with Crippen LogP contribution in [0.5, 0.6) is 0 Å². The molecule has 0 aromatic heterocycles. The predicted octanol–water partition coefficient (Wildman–Crippen LogP) is 2.89. The molecule has 7 heteroatoms. The van der Waals surface area contributed by atoms with Gasteiger partial charge in [-0.25, -0.2) is 4.79 Å². The first kappa shape index (κ1) is 22.0. The molecule has 0 aliphatic carbocycles. The van der Waals surface area contributed by atoms with Gasteiger partial charge in [0.05, 0.1) is 6.61 Å². The number of piperidine rings is 2. The molecule has 7 nitrogen and oxygen atoms in total. The number of hydrogen-bond donors (Lipinski definition) is 0. The Kier molecular flexibility index (Phi) is 6.55. The van der Waals surface area contributed by atoms with E-state index in [0.717, 1.165) is 11.1 Å². The number of rotatable bonds is 6. The molecule has 2 atom stereocenters. The summed E-state index contributed by atoms with van der Waals surface area (Å²) in [6.07, 6.45) is -0.517. The zero-order valence-electron chi connectivity index (χ0n) is 18.2. The Hall–Kier alpha value is -3.19. The summed E-state index contributed by atoms with van der Waals surface area (Å²) in [6, 6.07) is 19.4. The standard InChI is InChI=1S/C25H28N2O5/c1-2-31-23(29)25-17-26(13-19-9-5-3-6-10-19)14-21(22(25)28)15-27(18-25)24(30)32-16-20-11-7-4-8-12-20/h3-12,21H,2,13-18H2,1H3. The van der Waals surface area contributed by atoms with Crippen LogP contribution in [0.25, 0.3) is 0 Å². The van der Waals surface area contributed by atoms with Crippen LogP contribution in [-0.4, -0.2) is 60.4 Å². The highest BCUT2D eigenvalue weighted by atomic mass is 16.6. The molecule has 2 aliphatic heterocycles. The normalized spacial score (nSPS) is 23.0. The van der Waals surface area contributed by atoms with E-state index >= 15 is 0 Å². The number of carbonyl (C=O) groups excluding carboxylic acids is 3. The molecule has 32 heavy (non-hydrogen) atoms. The second kappa shape index (κ2) is 9.53. The van der Waals surface area contributed by atoms with Gasteiger partial charge in [-0.05, 0) is 18.1 Å². The van der Waals surface area contributed by atoms with Gasteiger partial charge >= 0.3 is 12.1 Å². The number of amides is 1. The molecule has 2 bridgehead atoms. The number of likely N-dealkylation sites (tertiary alicyclic amines) is 2. The van der Waals surface area contributed by atoms with Crippen LogP contribution < -0.4 is 0 Å². The third kappa shape index (κ3) is 4.53. The Labute approximate surface area is 187 Å². The van der Waals surface area contributed by atoms with E-state index in [1.54, 1.807) is 6.92 Å². The average molecular weight is 437 g/mol. The van der Waals surface area contributed by atoms with Crippen molar-refractivity contribution in [1.29, 1.82) is 0 Å². The van der Waals surface area contributed by atoms with E-state index in [2.05, 4.69) is 4.90 Å². The highest BCUT2D eigenvalue weighted by Gasteiger charge is 2.58. The van der Waals surface area contributed by atoms with Crippen molar-refractivity contribution < 1.29 is 23.9 Å². The topological polar surface area (TPSA) is 76.2 Å². The monoisotopic (exact) mass is 436 g/mol. The van der Waals surface area contributed by atoms with E-state index in [4.69, 9.17) is 9.47 Å². The maximum Gasteiger partial charge on any atom is 0.410 e. The van der Waals surface area contributed by atoms with E-state index in [-0.39, 0.29) is 38.6 Å². The average Bonchev–Trinajstić information content (AvgIpc) is 2.80. The molecular formula is C25H28N2O5. The van der Waals surface area contributed by atoms with Crippen molar-refractivity contribution in [2.75, 3.05) is 32.8 Å². The van der Waals surface area contributed by atoms with Crippen molar-refractivity contribution in [2.45, 2.75) is 20.1 Å². The zero-order chi connectivity index (χ0) is 22.6. The molecule has 2 aromatic rings. The van der Waals surface area contributed by atoms with Crippen LogP contribution in [0, 0.1) is 11.3 Å². The Morgan fingerprint density at radius 1 is 0.938 bits per heavy atom. The summed E-state index contributed by atoms with van der Waals surface area (Å²) >= 11 is 0. The first-order chi connectivity index (χ1) is 15.5. The van der Waals surface area contributed by atoms with Gasteiger partial charge in [-0.2, -0.15) is 0 Å². The number of esters is 1. The van der Waals surface area contributed by atoms with Gasteiger partial charge in [-0.3, -0.25) is 14.5 Å². The second-order valence-electron chi connectivity index (χ2n) is 8.44. The second-order valence-corrected chi connectivity index (χ2v) is 8.44. The Balaban J connectivity index is 1.52. The van der Waals surface area contributed by atoms with Gasteiger partial charge in [0, 0.05) is 38.6 Å². The highest BCUT2D eigenvalue weighted by Crippen LogP contribution is 2.38. The third-order valence-corrected chi connectivity index (χ3v) is 6.09. The molecule has 0 N–H and O–H groups in total. The molecule has 2 saturated heterocycles. The summed E-state index contributed by atoms with van der Waals surface area (Å²) in [4.78, 5) is 42.8. The van der Waals surface area contributed by atoms with Crippen LogP contribution in [0.1, 0.15) is 18.1 Å². The SMILES string of the molecule is CCOC(=O)C12CN(Cc3ccccc3)CC(CN(C(=O)OCc3ccccc3)C1)C2=O. The quantitative estimate of drug-likeness (QED) is 0.512. The lowest BCUT2D eigenvalue weighted by molar-refractivity contribution is -0.172. The molecule has 1 amide bonds. The summed E-state index contributed by atoms with van der Waals surface area (Å²) in [6.45, 7) is 3.58. The number of hydrogen-bond acceptors (Lipinski definition) is 6. The van der Waals surface area contributed by atoms with Crippen molar-refractivity contribution in [1.82, 2.24) is 9.80 Å². The minimum absolute atomic E-state index is 0.0277. The maximum absolute atomic E-state index is 13.3. The van der Waals surface area contributed by atoms with Crippen molar-refractivity contribution in [3.05, 3.63) is 71.8 Å². The number of benzene rings is 2. The van der Waals surface area contributed by atoms with Crippen LogP contribution in [0.4, 0.5) is 4.79 Å². The van der Waals surface area contributed by atoms with E-state index in [1.807, 2.05) is 60.7 Å². The van der Waals surface area contributed by atoms with Gasteiger partial charge in [0.15, 0.2) is 11.2 Å². The Morgan fingerprint density at radius 2 is 1.59 bits per heavy atom. The Bertz CT molecular complexity index is 965. The number of ether oxygens (including phenoxy) is 2. The number of fused-ring (bicyclic) bond motifs is 2. The summed E-state index contributed by atoms with van der Waals surface area (Å²) in [7, 11) is 0. The smallest absolute Gasteiger partial charge is 0.410 e. The molecule has 0 spiro atoms. The summed E-state index contributed by atoms with van der Waals surface area (Å²) < 4.78 is 10.8. The molecule has 2 aliphatic rings. The minimum atomic E-state index is -1.39. The van der Waals surface area contributed by atoms with Crippen LogP contribution in [0.2, 0.25) is 0 Å². The fourth-order valence-electron chi connectivity index (χ4n) is 4.65. The number of nitrogens with zero attached hydrogens (tertiary/aromatic N) is 2. The van der Waals surface area contributed by atoms with Gasteiger partial charge in [0.2, 0.25) is 0 Å². The molecule has 0 saturated carbocycles. The molecule has 168 valence electrons. The molecule has 2 aromatic carbocycles. The molecular weight excluding hydrogens is 408 g/mol. The van der Waals surface area contributed by atoms with Crippen molar-refractivity contribution in [2.24, 2.45) is 11.3 Å². The van der Waals surface area contributed by atoms with E-state index in [9.17, 15) is 14.4 Å². The molecule has 4 rings (SSSR count). The Morgan fingerprint density at radius 3 is 2.25 bits per heavy atom. The fraction of sp³-hybridized carbons (Fsp3) is 0.400. The summed E-state index contributed by atoms with van der Waals surface area (Å²) in [5.41, 5.74) is 0.596. The van der Waals surface area contributed by atoms with Crippen LogP contribution in [0.15, 0.2) is 60.7 Å². The first-order valence-corrected chi connectivity index (χ1v) is 11.0. The lowest BCUT2D eigenvalue weighted by atomic mass is 9.70. The predicted molar refractivity (Wildman–Crippen MR) is 117 cm³/mol. The van der Waals surface area contributed by atoms with Crippen LogP contribution in [-0.2, 0) is 32.2 Å². The molecule has 2 heterocycles. The summed E-state index contributed by atoms with van der Waals surface area (Å²) in [5, 5.41) is 0. The largest absolute Gasteiger partial charge is 0.465 e. The minimum Gasteiger partial charge on any atom is -0.465 e. The summed E-state index contributed by atoms with van der Waals surface area (Å²) in [5.74, 6) is -1.16. The van der Waals surface area contributed by atoms with Gasteiger partial charge in [0.1, 0.15) is 6.61 Å². The molecule has 2 unspecified atom stereocenters. The van der Waals surface area contributed by atoms with Crippen molar-refractivity contribution >= 4 is 17.8 Å². The van der Waals surface area contributed by atoms with Gasteiger partial charge in [-0.15, -0.1) is 0 Å². The lowest BCUT2D eigenvalue weighted by Crippen LogP contribution is -2.68. The molecule has 2 fully saturated rings. The maximum atomic E-state index is 13.3. The number of carbonyl (C=O) groups is 3. The van der Waals surface area contributed by atoms with Crippen molar-refractivity contribution in [3.63, 3.8) is 0 Å². The lowest BCUT2D eigenvalue weighted by Gasteiger charge is -2.49. The number of ketones is 1. The van der Waals surface area contributed by atoms with Crippen LogP contribution in [0.3, 0.4) is 0 Å². The number of Topliss-reactive ketones (excluding diaryl/α,β-unsaturated/α-hetero) is 1. The first-order valence-electron chi connectivity index (χ1n) is 11.0. The van der Waals surface area contributed by atoms with Crippen molar-refractivity contribution in [3.8, 4) is 0 Å². The third-order valence-electron chi connectivity index (χ3n) is 6.09. The van der Waals surface area contributed by atoms with E-state index in [1.165, 1.54) is 4.90 Å². The van der Waals surface area contributed by atoms with Gasteiger partial charge < -0.3 is 14.4 Å². The fourth-order valence-corrected chi connectivity index (χ4v) is 4.65. The van der Waals surface area contributed by atoms with Gasteiger partial charge in [0.25, 0.3) is 0 Å². The highest BCUT2D eigenvalue weighted by molar-refractivity contribution is 6.07. The van der Waals surface area contributed by atoms with E-state index in [0.29, 0.717) is 13.1 Å². The zero-order valence-corrected chi connectivity index (χ0v) is 18.2.